The van der Waals surface area contributed by atoms with Crippen LogP contribution >= 0.6 is 11.3 Å². The van der Waals surface area contributed by atoms with E-state index >= 15 is 0 Å². The maximum Gasteiger partial charge on any atom is 0.364 e. The number of thiazole rings is 1. The first kappa shape index (κ1) is 29.9. The van der Waals surface area contributed by atoms with E-state index in [0.29, 0.717) is 12.1 Å². The Balaban J connectivity index is 1.60. The molecule has 9 nitrogen and oxygen atoms in total. The number of esters is 1. The second-order valence-electron chi connectivity index (χ2n) is 9.29. The summed E-state index contributed by atoms with van der Waals surface area (Å²) < 4.78 is 40.1. The molecule has 0 aliphatic heterocycles. The van der Waals surface area contributed by atoms with Crippen LogP contribution in [0.15, 0.2) is 90.3 Å². The minimum absolute atomic E-state index is 0.184. The normalized spacial score (nSPS) is 12.8. The zero-order chi connectivity index (χ0) is 29.4. The summed E-state index contributed by atoms with van der Waals surface area (Å²) in [7, 11) is -3.33. The first-order chi connectivity index (χ1) is 19.7. The van der Waals surface area contributed by atoms with Gasteiger partial charge in [-0.2, -0.15) is 8.42 Å². The van der Waals surface area contributed by atoms with Crippen LogP contribution in [0.4, 0.5) is 11.4 Å². The summed E-state index contributed by atoms with van der Waals surface area (Å²) in [6.45, 7) is 2.00. The van der Waals surface area contributed by atoms with Crippen LogP contribution in [-0.4, -0.2) is 36.9 Å². The number of aryl methyl sites for hydroxylation is 1. The first-order valence-electron chi connectivity index (χ1n) is 13.0. The average Bonchev–Trinajstić information content (AvgIpc) is 3.46. The van der Waals surface area contributed by atoms with Crippen LogP contribution in [0.2, 0.25) is 0 Å². The quantitative estimate of drug-likeness (QED) is 0.133. The highest BCUT2D eigenvalue weighted by molar-refractivity contribution is 7.87. The van der Waals surface area contributed by atoms with Gasteiger partial charge in [0.2, 0.25) is 5.91 Å². The van der Waals surface area contributed by atoms with E-state index in [4.69, 9.17) is 4.74 Å². The summed E-state index contributed by atoms with van der Waals surface area (Å²) in [6.07, 6.45) is 1.25. The van der Waals surface area contributed by atoms with Crippen molar-refractivity contribution in [2.45, 2.75) is 32.2 Å². The molecule has 41 heavy (non-hydrogen) atoms. The molecule has 0 aliphatic rings. The molecule has 0 unspecified atom stereocenters. The fourth-order valence-corrected chi connectivity index (χ4v) is 5.98. The molecule has 2 N–H and O–H groups in total. The molecule has 1 aromatic heterocycles. The van der Waals surface area contributed by atoms with Gasteiger partial charge in [0.15, 0.2) is 0 Å². The maximum atomic E-state index is 13.5. The van der Waals surface area contributed by atoms with Gasteiger partial charge in [0, 0.05) is 5.38 Å². The number of aromatic nitrogens is 1. The number of nitrogens with zero attached hydrogens (tertiary/aromatic N) is 2. The topological polar surface area (TPSA) is 126 Å². The van der Waals surface area contributed by atoms with Crippen LogP contribution in [0, 0.1) is 5.92 Å². The van der Waals surface area contributed by atoms with Crippen molar-refractivity contribution >= 4 is 44.9 Å². The lowest BCUT2D eigenvalue weighted by Gasteiger charge is -2.23. The smallest absolute Gasteiger partial charge is 0.364 e. The van der Waals surface area contributed by atoms with Gasteiger partial charge in [-0.25, -0.2) is 9.29 Å². The molecule has 2 atom stereocenters. The van der Waals surface area contributed by atoms with Crippen LogP contribution in [0.3, 0.4) is 0 Å². The standard InChI is InChI=1S/C30H31N3O6S2/c1-3-28-31-27(20-40-28)26(32-29(34)25(30(35)39-2)18-21-10-6-4-7-11-21)19-22-14-16-24(17-15-22)33(41(36,37)38)23-12-8-5-9-13-23/h4-17,20,25-26H,3,18-19H2,1-2H3,(H,32,34)(H,36,37,38)/t25-,26-/m0/s1. The SMILES string of the molecule is CCc1nc([C@H](Cc2ccc(N(c3ccccc3)S(=O)(=O)O)cc2)NC(=O)[C@H](Cc2ccccc2)C(=O)OC)cs1. The molecule has 4 aromatic rings. The molecule has 1 amide bonds. The van der Waals surface area contributed by atoms with Crippen molar-refractivity contribution in [3.63, 3.8) is 0 Å². The number of methoxy groups -OCH3 is 1. The van der Waals surface area contributed by atoms with E-state index in [1.54, 1.807) is 54.6 Å². The zero-order valence-corrected chi connectivity index (χ0v) is 24.3. The lowest BCUT2D eigenvalue weighted by atomic mass is 9.97. The van der Waals surface area contributed by atoms with Crippen LogP contribution in [0.25, 0.3) is 0 Å². The Morgan fingerprint density at radius 2 is 1.51 bits per heavy atom. The fourth-order valence-electron chi connectivity index (χ4n) is 4.41. The summed E-state index contributed by atoms with van der Waals surface area (Å²) in [5, 5.41) is 5.80. The lowest BCUT2D eigenvalue weighted by molar-refractivity contribution is -0.150. The monoisotopic (exact) mass is 593 g/mol. The number of benzene rings is 3. The van der Waals surface area contributed by atoms with Gasteiger partial charge in [0.25, 0.3) is 0 Å². The lowest BCUT2D eigenvalue weighted by Crippen LogP contribution is -2.40. The molecule has 0 saturated carbocycles. The Hall–Kier alpha value is -4.06. The summed E-state index contributed by atoms with van der Waals surface area (Å²) in [6, 6.07) is 23.6. The summed E-state index contributed by atoms with van der Waals surface area (Å²) in [5.74, 6) is -2.16. The molecular weight excluding hydrogens is 562 g/mol. The largest absolute Gasteiger partial charge is 0.468 e. The van der Waals surface area contributed by atoms with Crippen molar-refractivity contribution in [3.05, 3.63) is 112 Å². The molecule has 0 saturated heterocycles. The van der Waals surface area contributed by atoms with Crippen molar-refractivity contribution in [2.75, 3.05) is 11.4 Å². The third-order valence-electron chi connectivity index (χ3n) is 6.46. The van der Waals surface area contributed by atoms with Gasteiger partial charge < -0.3 is 10.1 Å². The van der Waals surface area contributed by atoms with E-state index in [9.17, 15) is 22.6 Å². The third kappa shape index (κ3) is 7.78. The van der Waals surface area contributed by atoms with Gasteiger partial charge >= 0.3 is 16.3 Å². The number of amides is 1. The van der Waals surface area contributed by atoms with Crippen molar-refractivity contribution in [2.24, 2.45) is 5.92 Å². The average molecular weight is 594 g/mol. The van der Waals surface area contributed by atoms with Crippen LogP contribution in [0.5, 0.6) is 0 Å². The van der Waals surface area contributed by atoms with E-state index in [1.165, 1.54) is 18.4 Å². The van der Waals surface area contributed by atoms with Crippen molar-refractivity contribution in [1.82, 2.24) is 10.3 Å². The number of rotatable bonds is 12. The number of para-hydroxylation sites is 1. The Morgan fingerprint density at radius 3 is 2.07 bits per heavy atom. The Kier molecular flexibility index (Phi) is 9.87. The van der Waals surface area contributed by atoms with Crippen LogP contribution in [0.1, 0.15) is 34.8 Å². The minimum Gasteiger partial charge on any atom is -0.468 e. The molecule has 0 spiro atoms. The van der Waals surface area contributed by atoms with Gasteiger partial charge in [-0.1, -0.05) is 67.6 Å². The number of ether oxygens (including phenoxy) is 1. The summed E-state index contributed by atoms with van der Waals surface area (Å²) in [5.41, 5.74) is 2.81. The molecule has 0 fully saturated rings. The second kappa shape index (κ2) is 13.5. The molecule has 214 valence electrons. The van der Waals surface area contributed by atoms with Crippen molar-refractivity contribution in [1.29, 1.82) is 0 Å². The van der Waals surface area contributed by atoms with E-state index in [-0.39, 0.29) is 17.8 Å². The molecular formula is C30H31N3O6S2. The van der Waals surface area contributed by atoms with Gasteiger partial charge in [0.1, 0.15) is 5.92 Å². The highest BCUT2D eigenvalue weighted by Gasteiger charge is 2.31. The highest BCUT2D eigenvalue weighted by Crippen LogP contribution is 2.29. The number of anilines is 2. The van der Waals surface area contributed by atoms with Crippen LogP contribution in [-0.2, 0) is 43.9 Å². The predicted molar refractivity (Wildman–Crippen MR) is 158 cm³/mol. The summed E-state index contributed by atoms with van der Waals surface area (Å²) in [4.78, 5) is 30.8. The fraction of sp³-hybridized carbons (Fsp3) is 0.233. The van der Waals surface area contributed by atoms with Gasteiger partial charge in [-0.05, 0) is 54.7 Å². The van der Waals surface area contributed by atoms with Gasteiger partial charge in [0.05, 0.1) is 35.2 Å². The van der Waals surface area contributed by atoms with E-state index in [1.807, 2.05) is 42.6 Å². The van der Waals surface area contributed by atoms with E-state index < -0.39 is 34.1 Å². The number of carbonyl (C=O) groups excluding carboxylic acids is 2. The van der Waals surface area contributed by atoms with Gasteiger partial charge in [-0.15, -0.1) is 11.3 Å². The van der Waals surface area contributed by atoms with Crippen molar-refractivity contribution in [3.8, 4) is 0 Å². The minimum atomic E-state index is -4.59. The highest BCUT2D eigenvalue weighted by atomic mass is 32.2. The van der Waals surface area contributed by atoms with E-state index in [2.05, 4.69) is 10.3 Å². The molecule has 0 radical (unpaired) electrons. The van der Waals surface area contributed by atoms with E-state index in [0.717, 1.165) is 26.9 Å². The second-order valence-corrected chi connectivity index (χ2v) is 11.5. The number of carbonyl (C=O) groups is 2. The van der Waals surface area contributed by atoms with Crippen LogP contribution < -0.4 is 9.62 Å². The third-order valence-corrected chi connectivity index (χ3v) is 8.36. The zero-order valence-electron chi connectivity index (χ0n) is 22.6. The van der Waals surface area contributed by atoms with Gasteiger partial charge in [-0.3, -0.25) is 14.1 Å². The Bertz CT molecular complexity index is 1560. The molecule has 1 heterocycles. The number of hydrogen-bond donors (Lipinski definition) is 2. The Morgan fingerprint density at radius 1 is 0.927 bits per heavy atom. The molecule has 3 aromatic carbocycles. The molecule has 4 rings (SSSR count). The molecule has 0 bridgehead atoms. The summed E-state index contributed by atoms with van der Waals surface area (Å²) >= 11 is 1.49. The van der Waals surface area contributed by atoms with Crippen molar-refractivity contribution < 1.29 is 27.3 Å². The Labute approximate surface area is 243 Å². The first-order valence-corrected chi connectivity index (χ1v) is 15.3. The number of hydrogen-bond acceptors (Lipinski definition) is 7. The maximum absolute atomic E-state index is 13.5. The molecule has 11 heteroatoms. The predicted octanol–water partition coefficient (Wildman–Crippen LogP) is 5.08. The molecule has 0 aliphatic carbocycles. The number of nitrogens with one attached hydrogen (secondary N) is 1.